The monoisotopic (exact) mass is 212 g/mol. The van der Waals surface area contributed by atoms with Gasteiger partial charge in [0.05, 0.1) is 6.04 Å². The highest BCUT2D eigenvalue weighted by molar-refractivity contribution is 5.81. The first-order valence-electron chi connectivity index (χ1n) is 6.14. The quantitative estimate of drug-likeness (QED) is 0.742. The van der Waals surface area contributed by atoms with E-state index < -0.39 is 0 Å². The fourth-order valence-corrected chi connectivity index (χ4v) is 2.53. The normalized spacial score (nSPS) is 28.5. The van der Waals surface area contributed by atoms with Crippen molar-refractivity contribution in [2.24, 2.45) is 11.8 Å². The lowest BCUT2D eigenvalue weighted by atomic mass is 9.80. The molecule has 15 heavy (non-hydrogen) atoms. The Balaban J connectivity index is 2.44. The Hall–Kier alpha value is -0.570. The van der Waals surface area contributed by atoms with Crippen LogP contribution in [0.15, 0.2) is 0 Å². The molecule has 0 aromatic heterocycles. The fourth-order valence-electron chi connectivity index (χ4n) is 2.53. The first kappa shape index (κ1) is 12.5. The molecule has 0 aromatic carbocycles. The van der Waals surface area contributed by atoms with E-state index >= 15 is 0 Å². The molecule has 1 aliphatic rings. The van der Waals surface area contributed by atoms with Crippen LogP contribution in [0.2, 0.25) is 0 Å². The van der Waals surface area contributed by atoms with E-state index in [0.717, 1.165) is 18.9 Å². The van der Waals surface area contributed by atoms with Gasteiger partial charge in [-0.1, -0.05) is 26.7 Å². The Kier molecular flexibility index (Phi) is 5.09. The van der Waals surface area contributed by atoms with Crippen molar-refractivity contribution in [1.29, 1.82) is 0 Å². The second-order valence-corrected chi connectivity index (χ2v) is 4.67. The van der Waals surface area contributed by atoms with Gasteiger partial charge in [0.1, 0.15) is 0 Å². The standard InChI is InChI=1S/C12H24N2O/c1-4-5-9(2)10-6-7-14-11(8-10)12(15)13-3/h9-11,14H,4-8H2,1-3H3,(H,13,15). The summed E-state index contributed by atoms with van der Waals surface area (Å²) in [6.07, 6.45) is 4.75. The van der Waals surface area contributed by atoms with Crippen LogP contribution in [0.5, 0.6) is 0 Å². The maximum atomic E-state index is 11.5. The second kappa shape index (κ2) is 6.11. The molecule has 1 aliphatic heterocycles. The van der Waals surface area contributed by atoms with E-state index in [1.54, 1.807) is 7.05 Å². The van der Waals surface area contributed by atoms with Crippen LogP contribution in [0, 0.1) is 11.8 Å². The van der Waals surface area contributed by atoms with Gasteiger partial charge in [-0.05, 0) is 31.2 Å². The largest absolute Gasteiger partial charge is 0.358 e. The smallest absolute Gasteiger partial charge is 0.236 e. The molecule has 0 bridgehead atoms. The summed E-state index contributed by atoms with van der Waals surface area (Å²) < 4.78 is 0. The number of nitrogens with one attached hydrogen (secondary N) is 2. The Bertz CT molecular complexity index is 206. The Morgan fingerprint density at radius 3 is 2.93 bits per heavy atom. The summed E-state index contributed by atoms with van der Waals surface area (Å²) in [6, 6.07) is 0.0352. The lowest BCUT2D eigenvalue weighted by Crippen LogP contribution is -2.48. The van der Waals surface area contributed by atoms with Crippen LogP contribution in [0.3, 0.4) is 0 Å². The Morgan fingerprint density at radius 2 is 2.33 bits per heavy atom. The van der Waals surface area contributed by atoms with Gasteiger partial charge in [0.15, 0.2) is 0 Å². The first-order valence-corrected chi connectivity index (χ1v) is 6.14. The van der Waals surface area contributed by atoms with E-state index in [-0.39, 0.29) is 11.9 Å². The fraction of sp³-hybridized carbons (Fsp3) is 0.917. The predicted octanol–water partition coefficient (Wildman–Crippen LogP) is 1.54. The van der Waals surface area contributed by atoms with Crippen LogP contribution in [-0.2, 0) is 4.79 Å². The number of hydrogen-bond acceptors (Lipinski definition) is 2. The van der Waals surface area contributed by atoms with E-state index in [1.165, 1.54) is 19.3 Å². The highest BCUT2D eigenvalue weighted by atomic mass is 16.2. The van der Waals surface area contributed by atoms with Crippen LogP contribution in [0.1, 0.15) is 39.5 Å². The lowest BCUT2D eigenvalue weighted by molar-refractivity contribution is -0.123. The minimum atomic E-state index is 0.0352. The van der Waals surface area contributed by atoms with Crippen LogP contribution >= 0.6 is 0 Å². The predicted molar refractivity (Wildman–Crippen MR) is 62.7 cm³/mol. The molecule has 1 amide bonds. The third-order valence-corrected chi connectivity index (χ3v) is 3.56. The summed E-state index contributed by atoms with van der Waals surface area (Å²) in [6.45, 7) is 5.53. The van der Waals surface area contributed by atoms with Gasteiger partial charge >= 0.3 is 0 Å². The van der Waals surface area contributed by atoms with Gasteiger partial charge in [-0.25, -0.2) is 0 Å². The van der Waals surface area contributed by atoms with Gasteiger partial charge in [-0.15, -0.1) is 0 Å². The van der Waals surface area contributed by atoms with E-state index in [4.69, 9.17) is 0 Å². The van der Waals surface area contributed by atoms with Crippen molar-refractivity contribution in [3.05, 3.63) is 0 Å². The molecule has 2 N–H and O–H groups in total. The van der Waals surface area contributed by atoms with Crippen LogP contribution in [0.4, 0.5) is 0 Å². The van der Waals surface area contributed by atoms with Gasteiger partial charge in [0, 0.05) is 7.05 Å². The van der Waals surface area contributed by atoms with Crippen molar-refractivity contribution >= 4 is 5.91 Å². The molecule has 0 saturated carbocycles. The third kappa shape index (κ3) is 3.49. The Labute approximate surface area is 93.0 Å². The number of amides is 1. The molecule has 1 heterocycles. The van der Waals surface area contributed by atoms with Crippen molar-refractivity contribution in [3.63, 3.8) is 0 Å². The molecule has 88 valence electrons. The zero-order valence-electron chi connectivity index (χ0n) is 10.2. The van der Waals surface area contributed by atoms with Gasteiger partial charge in [-0.2, -0.15) is 0 Å². The van der Waals surface area contributed by atoms with E-state index in [9.17, 15) is 4.79 Å². The average molecular weight is 212 g/mol. The van der Waals surface area contributed by atoms with Gasteiger partial charge in [0.2, 0.25) is 5.91 Å². The molecular formula is C12H24N2O. The maximum absolute atomic E-state index is 11.5. The Morgan fingerprint density at radius 1 is 1.60 bits per heavy atom. The molecule has 0 aromatic rings. The highest BCUT2D eigenvalue weighted by Gasteiger charge is 2.28. The molecule has 0 aliphatic carbocycles. The highest BCUT2D eigenvalue weighted by Crippen LogP contribution is 2.27. The number of likely N-dealkylation sites (N-methyl/N-ethyl adjacent to an activating group) is 1. The summed E-state index contributed by atoms with van der Waals surface area (Å²) in [5, 5.41) is 6.01. The molecular weight excluding hydrogens is 188 g/mol. The molecule has 1 saturated heterocycles. The minimum Gasteiger partial charge on any atom is -0.358 e. The molecule has 3 atom stereocenters. The van der Waals surface area contributed by atoms with Crippen molar-refractivity contribution in [2.75, 3.05) is 13.6 Å². The van der Waals surface area contributed by atoms with Gasteiger partial charge < -0.3 is 10.6 Å². The van der Waals surface area contributed by atoms with E-state index in [0.29, 0.717) is 5.92 Å². The summed E-state index contributed by atoms with van der Waals surface area (Å²) in [5.41, 5.74) is 0. The molecule has 1 fully saturated rings. The zero-order chi connectivity index (χ0) is 11.3. The van der Waals surface area contributed by atoms with Crippen molar-refractivity contribution in [1.82, 2.24) is 10.6 Å². The average Bonchev–Trinajstić information content (AvgIpc) is 2.28. The van der Waals surface area contributed by atoms with Crippen molar-refractivity contribution < 1.29 is 4.79 Å². The number of hydrogen-bond donors (Lipinski definition) is 2. The summed E-state index contributed by atoms with van der Waals surface area (Å²) in [7, 11) is 1.71. The van der Waals surface area contributed by atoms with E-state index in [2.05, 4.69) is 24.5 Å². The van der Waals surface area contributed by atoms with Crippen molar-refractivity contribution in [3.8, 4) is 0 Å². The number of carbonyl (C=O) groups excluding carboxylic acids is 1. The summed E-state index contributed by atoms with van der Waals surface area (Å²) in [5.74, 6) is 1.61. The van der Waals surface area contributed by atoms with Gasteiger partial charge in [0.25, 0.3) is 0 Å². The SMILES string of the molecule is CCCC(C)C1CCNC(C(=O)NC)C1. The van der Waals surface area contributed by atoms with Gasteiger partial charge in [-0.3, -0.25) is 4.79 Å². The summed E-state index contributed by atoms with van der Waals surface area (Å²) in [4.78, 5) is 11.5. The molecule has 0 spiro atoms. The van der Waals surface area contributed by atoms with Crippen LogP contribution < -0.4 is 10.6 Å². The zero-order valence-corrected chi connectivity index (χ0v) is 10.2. The third-order valence-electron chi connectivity index (χ3n) is 3.56. The van der Waals surface area contributed by atoms with Crippen LogP contribution in [-0.4, -0.2) is 25.5 Å². The number of carbonyl (C=O) groups is 1. The topological polar surface area (TPSA) is 41.1 Å². The lowest BCUT2D eigenvalue weighted by Gasteiger charge is -2.33. The second-order valence-electron chi connectivity index (χ2n) is 4.67. The molecule has 1 rings (SSSR count). The number of piperidine rings is 1. The van der Waals surface area contributed by atoms with Crippen LogP contribution in [0.25, 0.3) is 0 Å². The maximum Gasteiger partial charge on any atom is 0.236 e. The molecule has 3 nitrogen and oxygen atoms in total. The minimum absolute atomic E-state index is 0.0352. The summed E-state index contributed by atoms with van der Waals surface area (Å²) >= 11 is 0. The van der Waals surface area contributed by atoms with E-state index in [1.807, 2.05) is 0 Å². The molecule has 0 radical (unpaired) electrons. The molecule has 3 heteroatoms. The number of rotatable bonds is 4. The first-order chi connectivity index (χ1) is 7.19. The molecule has 3 unspecified atom stereocenters. The van der Waals surface area contributed by atoms with Crippen molar-refractivity contribution in [2.45, 2.75) is 45.6 Å².